The average molecular weight is 291 g/mol. The molecule has 1 aromatic rings. The lowest BCUT2D eigenvalue weighted by Crippen LogP contribution is -2.35. The van der Waals surface area contributed by atoms with E-state index in [2.05, 4.69) is 63.9 Å². The van der Waals surface area contributed by atoms with Crippen molar-refractivity contribution in [2.45, 2.75) is 72.9 Å². The van der Waals surface area contributed by atoms with Gasteiger partial charge in [0.1, 0.15) is 5.82 Å². The standard InChI is InChI=1S/C18H33N3/c1-7-10-21(11-8-2)17-13-15(12-16(9-3)20-17)14-19-18(4,5)6/h12-13,19H,7-11,14H2,1-6H3. The van der Waals surface area contributed by atoms with Crippen molar-refractivity contribution >= 4 is 5.82 Å². The monoisotopic (exact) mass is 291 g/mol. The van der Waals surface area contributed by atoms with Crippen molar-refractivity contribution in [2.24, 2.45) is 0 Å². The Morgan fingerprint density at radius 2 is 1.67 bits per heavy atom. The number of rotatable bonds is 8. The van der Waals surface area contributed by atoms with Crippen LogP contribution in [0.2, 0.25) is 0 Å². The molecular formula is C18H33N3. The quantitative estimate of drug-likeness (QED) is 0.779. The number of nitrogens with zero attached hydrogens (tertiary/aromatic N) is 2. The Bertz CT molecular complexity index is 415. The molecule has 0 saturated heterocycles. The van der Waals surface area contributed by atoms with Gasteiger partial charge in [0.2, 0.25) is 0 Å². The van der Waals surface area contributed by atoms with Crippen molar-refractivity contribution in [3.63, 3.8) is 0 Å². The highest BCUT2D eigenvalue weighted by atomic mass is 15.2. The molecule has 0 aromatic carbocycles. The van der Waals surface area contributed by atoms with Crippen molar-refractivity contribution in [3.8, 4) is 0 Å². The normalized spacial score (nSPS) is 11.7. The molecule has 120 valence electrons. The van der Waals surface area contributed by atoms with Crippen LogP contribution >= 0.6 is 0 Å². The maximum atomic E-state index is 4.83. The van der Waals surface area contributed by atoms with Crippen LogP contribution in [0.15, 0.2) is 12.1 Å². The van der Waals surface area contributed by atoms with E-state index in [0.29, 0.717) is 0 Å². The van der Waals surface area contributed by atoms with Crippen LogP contribution in [0.4, 0.5) is 5.82 Å². The third-order valence-electron chi connectivity index (χ3n) is 3.42. The van der Waals surface area contributed by atoms with Crippen LogP contribution in [-0.2, 0) is 13.0 Å². The molecule has 0 bridgehead atoms. The Hall–Kier alpha value is -1.09. The minimum atomic E-state index is 0.141. The predicted molar refractivity (Wildman–Crippen MR) is 93.0 cm³/mol. The van der Waals surface area contributed by atoms with E-state index in [4.69, 9.17) is 4.98 Å². The summed E-state index contributed by atoms with van der Waals surface area (Å²) in [7, 11) is 0. The fraction of sp³-hybridized carbons (Fsp3) is 0.722. The Labute approximate surface area is 131 Å². The van der Waals surface area contributed by atoms with Crippen LogP contribution in [0, 0.1) is 0 Å². The van der Waals surface area contributed by atoms with E-state index >= 15 is 0 Å². The molecule has 0 unspecified atom stereocenters. The molecule has 0 radical (unpaired) electrons. The molecule has 0 aliphatic rings. The zero-order valence-corrected chi connectivity index (χ0v) is 14.8. The van der Waals surface area contributed by atoms with E-state index in [1.54, 1.807) is 0 Å². The third-order valence-corrected chi connectivity index (χ3v) is 3.42. The van der Waals surface area contributed by atoms with Crippen LogP contribution < -0.4 is 10.2 Å². The van der Waals surface area contributed by atoms with Gasteiger partial charge in [0.25, 0.3) is 0 Å². The van der Waals surface area contributed by atoms with Gasteiger partial charge < -0.3 is 10.2 Å². The topological polar surface area (TPSA) is 28.2 Å². The minimum absolute atomic E-state index is 0.141. The lowest BCUT2D eigenvalue weighted by atomic mass is 10.1. The van der Waals surface area contributed by atoms with E-state index < -0.39 is 0 Å². The van der Waals surface area contributed by atoms with Gasteiger partial charge in [0.05, 0.1) is 0 Å². The van der Waals surface area contributed by atoms with Crippen LogP contribution in [0.25, 0.3) is 0 Å². The Morgan fingerprint density at radius 1 is 1.05 bits per heavy atom. The van der Waals surface area contributed by atoms with Gasteiger partial charge in [-0.2, -0.15) is 0 Å². The molecule has 3 nitrogen and oxygen atoms in total. The first-order valence-corrected chi connectivity index (χ1v) is 8.39. The van der Waals surface area contributed by atoms with Crippen molar-refractivity contribution in [1.82, 2.24) is 10.3 Å². The molecule has 1 heterocycles. The molecule has 1 N–H and O–H groups in total. The second-order valence-corrected chi connectivity index (χ2v) is 6.77. The van der Waals surface area contributed by atoms with Crippen molar-refractivity contribution in [1.29, 1.82) is 0 Å². The number of nitrogens with one attached hydrogen (secondary N) is 1. The maximum absolute atomic E-state index is 4.83. The molecule has 21 heavy (non-hydrogen) atoms. The zero-order valence-electron chi connectivity index (χ0n) is 14.8. The molecule has 3 heteroatoms. The van der Waals surface area contributed by atoms with Crippen LogP contribution in [0.5, 0.6) is 0 Å². The summed E-state index contributed by atoms with van der Waals surface area (Å²) in [5.41, 5.74) is 2.67. The number of pyridine rings is 1. The van der Waals surface area contributed by atoms with E-state index in [1.807, 2.05) is 0 Å². The number of hydrogen-bond donors (Lipinski definition) is 1. The number of aromatic nitrogens is 1. The van der Waals surface area contributed by atoms with E-state index in [1.165, 1.54) is 11.3 Å². The highest BCUT2D eigenvalue weighted by molar-refractivity contribution is 5.43. The number of anilines is 1. The SMILES string of the molecule is CCCN(CCC)c1cc(CNC(C)(C)C)cc(CC)n1. The van der Waals surface area contributed by atoms with Gasteiger partial charge in [-0.25, -0.2) is 4.98 Å². The fourth-order valence-corrected chi connectivity index (χ4v) is 2.33. The summed E-state index contributed by atoms with van der Waals surface area (Å²) in [5, 5.41) is 3.57. The molecule has 1 aromatic heterocycles. The van der Waals surface area contributed by atoms with Crippen LogP contribution in [0.3, 0.4) is 0 Å². The summed E-state index contributed by atoms with van der Waals surface area (Å²) in [6.45, 7) is 16.3. The van der Waals surface area contributed by atoms with Crippen molar-refractivity contribution < 1.29 is 0 Å². The Kier molecular flexibility index (Phi) is 7.16. The highest BCUT2D eigenvalue weighted by Gasteiger charge is 2.12. The average Bonchev–Trinajstić information content (AvgIpc) is 2.44. The van der Waals surface area contributed by atoms with Gasteiger partial charge in [-0.15, -0.1) is 0 Å². The lowest BCUT2D eigenvalue weighted by molar-refractivity contribution is 0.424. The first-order chi connectivity index (χ1) is 9.89. The van der Waals surface area contributed by atoms with E-state index in [0.717, 1.165) is 44.7 Å². The number of aryl methyl sites for hydroxylation is 1. The summed E-state index contributed by atoms with van der Waals surface area (Å²) in [6, 6.07) is 4.49. The predicted octanol–water partition coefficient (Wildman–Crippen LogP) is 4.16. The van der Waals surface area contributed by atoms with Crippen molar-refractivity contribution in [2.75, 3.05) is 18.0 Å². The molecular weight excluding hydrogens is 258 g/mol. The Balaban J connectivity index is 2.97. The zero-order chi connectivity index (χ0) is 15.9. The maximum Gasteiger partial charge on any atom is 0.129 e. The largest absolute Gasteiger partial charge is 0.357 e. The van der Waals surface area contributed by atoms with Gasteiger partial charge in [-0.3, -0.25) is 0 Å². The van der Waals surface area contributed by atoms with Crippen LogP contribution in [-0.4, -0.2) is 23.6 Å². The van der Waals surface area contributed by atoms with Gasteiger partial charge in [-0.05, 0) is 57.7 Å². The second-order valence-electron chi connectivity index (χ2n) is 6.77. The first-order valence-electron chi connectivity index (χ1n) is 8.39. The van der Waals surface area contributed by atoms with Gasteiger partial charge in [0, 0.05) is 30.9 Å². The lowest BCUT2D eigenvalue weighted by Gasteiger charge is -2.25. The smallest absolute Gasteiger partial charge is 0.129 e. The Morgan fingerprint density at radius 3 is 2.14 bits per heavy atom. The fourth-order valence-electron chi connectivity index (χ4n) is 2.33. The molecule has 0 aliphatic heterocycles. The van der Waals surface area contributed by atoms with Gasteiger partial charge in [0.15, 0.2) is 0 Å². The first kappa shape index (κ1) is 18.0. The molecule has 0 aliphatic carbocycles. The second kappa shape index (κ2) is 8.38. The van der Waals surface area contributed by atoms with E-state index in [9.17, 15) is 0 Å². The summed E-state index contributed by atoms with van der Waals surface area (Å²) in [6.07, 6.45) is 3.31. The summed E-state index contributed by atoms with van der Waals surface area (Å²) < 4.78 is 0. The summed E-state index contributed by atoms with van der Waals surface area (Å²) in [5.74, 6) is 1.14. The molecule has 0 fully saturated rings. The summed E-state index contributed by atoms with van der Waals surface area (Å²) >= 11 is 0. The van der Waals surface area contributed by atoms with Crippen LogP contribution in [0.1, 0.15) is 65.6 Å². The van der Waals surface area contributed by atoms with Gasteiger partial charge in [-0.1, -0.05) is 20.8 Å². The molecule has 1 rings (SSSR count). The third kappa shape index (κ3) is 6.47. The minimum Gasteiger partial charge on any atom is -0.357 e. The molecule has 0 spiro atoms. The highest BCUT2D eigenvalue weighted by Crippen LogP contribution is 2.17. The molecule has 0 atom stereocenters. The van der Waals surface area contributed by atoms with Gasteiger partial charge >= 0.3 is 0 Å². The molecule has 0 amide bonds. The number of hydrogen-bond acceptors (Lipinski definition) is 3. The van der Waals surface area contributed by atoms with Crippen molar-refractivity contribution in [3.05, 3.63) is 23.4 Å². The molecule has 0 saturated carbocycles. The summed E-state index contributed by atoms with van der Waals surface area (Å²) in [4.78, 5) is 7.25. The van der Waals surface area contributed by atoms with E-state index in [-0.39, 0.29) is 5.54 Å².